The van der Waals surface area contributed by atoms with Gasteiger partial charge in [-0.3, -0.25) is 0 Å². The van der Waals surface area contributed by atoms with Crippen LogP contribution in [0.5, 0.6) is 0 Å². The quantitative estimate of drug-likeness (QED) is 0.572. The lowest BCUT2D eigenvalue weighted by atomic mass is 9.59. The molecule has 0 spiro atoms. The van der Waals surface area contributed by atoms with Gasteiger partial charge in [0.05, 0.1) is 18.0 Å². The molecule has 0 aromatic rings. The number of aliphatic hydroxyl groups is 2. The lowest BCUT2D eigenvalue weighted by molar-refractivity contribution is 0.0714. The second-order valence-corrected chi connectivity index (χ2v) is 14.4. The first-order valence-corrected chi connectivity index (χ1v) is 12.6. The lowest BCUT2D eigenvalue weighted by Crippen LogP contribution is -2.43. The third kappa shape index (κ3) is 3.06. The van der Waals surface area contributed by atoms with E-state index in [1.807, 2.05) is 0 Å². The summed E-state index contributed by atoms with van der Waals surface area (Å²) in [5, 5.41) is 20.9. The van der Waals surface area contributed by atoms with Crippen LogP contribution < -0.4 is 0 Å². The molecule has 25 heavy (non-hydrogen) atoms. The van der Waals surface area contributed by atoms with Crippen molar-refractivity contribution in [1.82, 2.24) is 0 Å². The van der Waals surface area contributed by atoms with Gasteiger partial charge in [0.1, 0.15) is 0 Å². The SMILES string of the molecule is CC[C@@]12C=C(O[Si](C)(C)C(C)(C)C)C=C[C@@H]1[C@@H]1C(=CC2)[C@H](O)C[C@@H]1O. The van der Waals surface area contributed by atoms with Crippen LogP contribution in [0.15, 0.2) is 35.6 Å². The maximum atomic E-state index is 10.5. The van der Waals surface area contributed by atoms with Gasteiger partial charge in [-0.05, 0) is 54.6 Å². The van der Waals surface area contributed by atoms with Gasteiger partial charge in [0, 0.05) is 17.8 Å². The Balaban J connectivity index is 1.92. The fourth-order valence-electron chi connectivity index (χ4n) is 4.47. The molecule has 140 valence electrons. The van der Waals surface area contributed by atoms with Gasteiger partial charge in [-0.1, -0.05) is 39.8 Å². The molecule has 3 rings (SSSR count). The van der Waals surface area contributed by atoms with Crippen molar-refractivity contribution < 1.29 is 14.6 Å². The third-order valence-corrected chi connectivity index (χ3v) is 11.5. The molecule has 4 heteroatoms. The van der Waals surface area contributed by atoms with Crippen molar-refractivity contribution in [1.29, 1.82) is 0 Å². The Bertz CT molecular complexity index is 626. The maximum absolute atomic E-state index is 10.5. The Morgan fingerprint density at radius 2 is 1.96 bits per heavy atom. The maximum Gasteiger partial charge on any atom is 0.250 e. The molecule has 2 N–H and O–H groups in total. The number of hydrogen-bond acceptors (Lipinski definition) is 3. The summed E-state index contributed by atoms with van der Waals surface area (Å²) in [4.78, 5) is 0. The average Bonchev–Trinajstić information content (AvgIpc) is 2.80. The molecule has 1 fully saturated rings. The van der Waals surface area contributed by atoms with Crippen molar-refractivity contribution in [3.63, 3.8) is 0 Å². The summed E-state index contributed by atoms with van der Waals surface area (Å²) in [6.07, 6.45) is 10.3. The van der Waals surface area contributed by atoms with Gasteiger partial charge in [-0.2, -0.15) is 0 Å². The lowest BCUT2D eigenvalue weighted by Gasteiger charge is -2.47. The largest absolute Gasteiger partial charge is 0.544 e. The number of hydrogen-bond donors (Lipinski definition) is 2. The Hall–Kier alpha value is -0.843. The van der Waals surface area contributed by atoms with Crippen molar-refractivity contribution in [2.24, 2.45) is 17.3 Å². The molecule has 3 nitrogen and oxygen atoms in total. The Kier molecular flexibility index (Phi) is 4.62. The highest BCUT2D eigenvalue weighted by atomic mass is 28.4. The molecule has 0 amide bonds. The van der Waals surface area contributed by atoms with E-state index in [-0.39, 0.29) is 22.3 Å². The van der Waals surface area contributed by atoms with Crippen LogP contribution in [0.2, 0.25) is 18.1 Å². The van der Waals surface area contributed by atoms with Crippen molar-refractivity contribution in [2.75, 3.05) is 0 Å². The van der Waals surface area contributed by atoms with E-state index in [4.69, 9.17) is 4.43 Å². The normalized spacial score (nSPS) is 37.9. The van der Waals surface area contributed by atoms with Crippen LogP contribution in [0.1, 0.15) is 47.0 Å². The molecule has 0 aromatic carbocycles. The summed E-state index contributed by atoms with van der Waals surface area (Å²) in [6, 6.07) is 0. The predicted octanol–water partition coefficient (Wildman–Crippen LogP) is 4.55. The van der Waals surface area contributed by atoms with Crippen LogP contribution in [-0.4, -0.2) is 30.7 Å². The summed E-state index contributed by atoms with van der Waals surface area (Å²) < 4.78 is 6.56. The van der Waals surface area contributed by atoms with E-state index in [1.165, 1.54) is 0 Å². The fourth-order valence-corrected chi connectivity index (χ4v) is 5.49. The zero-order chi connectivity index (χ0) is 18.6. The van der Waals surface area contributed by atoms with Gasteiger partial charge in [-0.15, -0.1) is 0 Å². The van der Waals surface area contributed by atoms with Crippen LogP contribution >= 0.6 is 0 Å². The van der Waals surface area contributed by atoms with E-state index in [2.05, 4.69) is 65.1 Å². The van der Waals surface area contributed by atoms with Crippen molar-refractivity contribution in [2.45, 2.75) is 77.3 Å². The van der Waals surface area contributed by atoms with Crippen molar-refractivity contribution in [3.05, 3.63) is 35.6 Å². The fraction of sp³-hybridized carbons (Fsp3) is 0.714. The molecule has 0 aliphatic heterocycles. The third-order valence-electron chi connectivity index (χ3n) is 7.15. The highest BCUT2D eigenvalue weighted by Gasteiger charge is 2.51. The van der Waals surface area contributed by atoms with E-state index < -0.39 is 20.5 Å². The van der Waals surface area contributed by atoms with Crippen LogP contribution in [0.25, 0.3) is 0 Å². The van der Waals surface area contributed by atoms with Gasteiger partial charge in [0.2, 0.25) is 8.32 Å². The second kappa shape index (κ2) is 6.10. The van der Waals surface area contributed by atoms with Crippen LogP contribution in [-0.2, 0) is 4.43 Å². The molecule has 1 saturated carbocycles. The molecule has 0 radical (unpaired) electrons. The topological polar surface area (TPSA) is 49.7 Å². The average molecular weight is 363 g/mol. The van der Waals surface area contributed by atoms with Gasteiger partial charge < -0.3 is 14.6 Å². The van der Waals surface area contributed by atoms with Gasteiger partial charge in [-0.25, -0.2) is 0 Å². The number of fused-ring (bicyclic) bond motifs is 3. The molecular weight excluding hydrogens is 328 g/mol. The highest BCUT2D eigenvalue weighted by molar-refractivity contribution is 6.74. The Morgan fingerprint density at radius 1 is 1.28 bits per heavy atom. The molecule has 0 aromatic heterocycles. The summed E-state index contributed by atoms with van der Waals surface area (Å²) >= 11 is 0. The zero-order valence-electron chi connectivity index (χ0n) is 16.5. The van der Waals surface area contributed by atoms with Gasteiger partial charge in [0.25, 0.3) is 0 Å². The van der Waals surface area contributed by atoms with Crippen molar-refractivity contribution >= 4 is 8.32 Å². The molecule has 0 heterocycles. The minimum absolute atomic E-state index is 0.00828. The van der Waals surface area contributed by atoms with Crippen molar-refractivity contribution in [3.8, 4) is 0 Å². The molecule has 3 aliphatic rings. The monoisotopic (exact) mass is 362 g/mol. The van der Waals surface area contributed by atoms with Crippen LogP contribution in [0.4, 0.5) is 0 Å². The molecule has 5 atom stereocenters. The predicted molar refractivity (Wildman–Crippen MR) is 105 cm³/mol. The number of aliphatic hydroxyl groups excluding tert-OH is 2. The smallest absolute Gasteiger partial charge is 0.250 e. The second-order valence-electron chi connectivity index (χ2n) is 9.63. The van der Waals surface area contributed by atoms with Crippen LogP contribution in [0, 0.1) is 17.3 Å². The van der Waals surface area contributed by atoms with E-state index in [0.717, 1.165) is 24.2 Å². The number of allylic oxidation sites excluding steroid dienone is 4. The molecule has 3 aliphatic carbocycles. The van der Waals surface area contributed by atoms with E-state index >= 15 is 0 Å². The first-order valence-electron chi connectivity index (χ1n) is 9.67. The minimum atomic E-state index is -1.87. The minimum Gasteiger partial charge on any atom is -0.544 e. The summed E-state index contributed by atoms with van der Waals surface area (Å²) in [7, 11) is -1.87. The van der Waals surface area contributed by atoms with Gasteiger partial charge in [0.15, 0.2) is 0 Å². The first kappa shape index (κ1) is 18.9. The number of rotatable bonds is 3. The standard InChI is InChI=1S/C21H34O3Si/c1-7-21-11-10-15-17(22)12-18(23)19(15)16(21)9-8-14(13-21)24-25(5,6)20(2,3)4/h8-10,13,16-19,22-23H,7,11-12H2,1-6H3/t16-,17-,18+,19+,21-/m1/s1. The Labute approximate surface area is 153 Å². The summed E-state index contributed by atoms with van der Waals surface area (Å²) in [6.45, 7) is 13.6. The summed E-state index contributed by atoms with van der Waals surface area (Å²) in [5.41, 5.74) is 1.04. The first-order chi connectivity index (χ1) is 11.5. The molecule has 0 saturated heterocycles. The van der Waals surface area contributed by atoms with E-state index in [0.29, 0.717) is 6.42 Å². The molecule has 0 unspecified atom stereocenters. The highest BCUT2D eigenvalue weighted by Crippen LogP contribution is 2.55. The molecular formula is C21H34O3Si. The van der Waals surface area contributed by atoms with Crippen LogP contribution in [0.3, 0.4) is 0 Å². The summed E-state index contributed by atoms with van der Waals surface area (Å²) in [5.74, 6) is 1.29. The van der Waals surface area contributed by atoms with E-state index in [9.17, 15) is 10.2 Å². The Morgan fingerprint density at radius 3 is 2.56 bits per heavy atom. The molecule has 0 bridgehead atoms. The van der Waals surface area contributed by atoms with E-state index in [1.54, 1.807) is 0 Å². The van der Waals surface area contributed by atoms with Gasteiger partial charge >= 0.3 is 0 Å². The zero-order valence-corrected chi connectivity index (χ0v) is 17.5.